The van der Waals surface area contributed by atoms with E-state index in [1.54, 1.807) is 54.5 Å². The van der Waals surface area contributed by atoms with E-state index in [4.69, 9.17) is 21.1 Å². The number of halogens is 2. The van der Waals surface area contributed by atoms with Crippen molar-refractivity contribution in [1.82, 2.24) is 0 Å². The van der Waals surface area contributed by atoms with Crippen molar-refractivity contribution in [2.45, 2.75) is 0 Å². The first-order valence-electron chi connectivity index (χ1n) is 10.4. The summed E-state index contributed by atoms with van der Waals surface area (Å²) in [5.41, 5.74) is 3.76. The van der Waals surface area contributed by atoms with Crippen LogP contribution in [0.1, 0.15) is 26.3 Å². The normalized spacial score (nSPS) is 13.8. The predicted molar refractivity (Wildman–Crippen MR) is 139 cm³/mol. The molecule has 0 atom stereocenters. The number of carbonyl (C=O) groups excluding carboxylic acids is 2. The SMILES string of the molecule is COC(=O)c1ccccc1N1C(=Cc2ccc(N(C)C)cc2OC)C(=O)c2c1ccc(Br)c2Cl. The van der Waals surface area contributed by atoms with Crippen LogP contribution in [0.25, 0.3) is 6.08 Å². The van der Waals surface area contributed by atoms with Gasteiger partial charge in [0.1, 0.15) is 5.75 Å². The van der Waals surface area contributed by atoms with E-state index in [9.17, 15) is 9.59 Å². The van der Waals surface area contributed by atoms with Gasteiger partial charge in [0.15, 0.2) is 0 Å². The number of ketones is 1. The summed E-state index contributed by atoms with van der Waals surface area (Å²) in [6.07, 6.45) is 1.75. The maximum atomic E-state index is 13.7. The van der Waals surface area contributed by atoms with Crippen molar-refractivity contribution in [3.05, 3.63) is 86.5 Å². The first-order valence-corrected chi connectivity index (χ1v) is 11.5. The summed E-state index contributed by atoms with van der Waals surface area (Å²) in [5.74, 6) is -0.164. The first-order chi connectivity index (χ1) is 16.3. The molecule has 0 unspecified atom stereocenters. The lowest BCUT2D eigenvalue weighted by Gasteiger charge is -2.23. The van der Waals surface area contributed by atoms with E-state index in [1.165, 1.54) is 7.11 Å². The van der Waals surface area contributed by atoms with Crippen LogP contribution in [0.3, 0.4) is 0 Å². The molecular weight excluding hydrogens is 520 g/mol. The molecule has 3 aromatic carbocycles. The number of Topliss-reactive ketones (excluding diaryl/α,β-unsaturated/α-hetero) is 1. The van der Waals surface area contributed by atoms with Crippen LogP contribution in [0.15, 0.2) is 64.8 Å². The Hall–Kier alpha value is -3.29. The highest BCUT2D eigenvalue weighted by Gasteiger charge is 2.37. The van der Waals surface area contributed by atoms with Gasteiger partial charge in [-0.25, -0.2) is 4.79 Å². The fourth-order valence-electron chi connectivity index (χ4n) is 3.89. The third-order valence-corrected chi connectivity index (χ3v) is 6.87. The Balaban J connectivity index is 1.98. The molecule has 6 nitrogen and oxygen atoms in total. The summed E-state index contributed by atoms with van der Waals surface area (Å²) in [6, 6.07) is 16.3. The topological polar surface area (TPSA) is 59.1 Å². The number of esters is 1. The number of nitrogens with zero attached hydrogens (tertiary/aromatic N) is 2. The number of benzene rings is 3. The van der Waals surface area contributed by atoms with E-state index >= 15 is 0 Å². The summed E-state index contributed by atoms with van der Waals surface area (Å²) < 4.78 is 11.2. The minimum Gasteiger partial charge on any atom is -0.496 e. The molecule has 0 spiro atoms. The Kier molecular flexibility index (Phi) is 6.68. The van der Waals surface area contributed by atoms with Gasteiger partial charge in [0.2, 0.25) is 5.78 Å². The molecule has 174 valence electrons. The lowest BCUT2D eigenvalue weighted by Crippen LogP contribution is -2.18. The molecule has 0 amide bonds. The van der Waals surface area contributed by atoms with Crippen molar-refractivity contribution in [3.8, 4) is 5.75 Å². The van der Waals surface area contributed by atoms with E-state index in [-0.39, 0.29) is 5.78 Å². The molecule has 3 aromatic rings. The predicted octanol–water partition coefficient (Wildman–Crippen LogP) is 6.34. The number of fused-ring (bicyclic) bond motifs is 1. The molecule has 1 aliphatic rings. The van der Waals surface area contributed by atoms with Crippen LogP contribution in [-0.4, -0.2) is 40.1 Å². The van der Waals surface area contributed by atoms with Gasteiger partial charge in [0.05, 0.1) is 47.4 Å². The minimum absolute atomic E-state index is 0.264. The molecule has 1 heterocycles. The number of anilines is 3. The van der Waals surface area contributed by atoms with Gasteiger partial charge in [-0.2, -0.15) is 0 Å². The van der Waals surface area contributed by atoms with E-state index in [0.717, 1.165) is 5.69 Å². The van der Waals surface area contributed by atoms with Gasteiger partial charge in [0.25, 0.3) is 0 Å². The van der Waals surface area contributed by atoms with Gasteiger partial charge in [-0.05, 0) is 58.4 Å². The Morgan fingerprint density at radius 2 is 1.79 bits per heavy atom. The lowest BCUT2D eigenvalue weighted by molar-refractivity contribution is 0.0601. The summed E-state index contributed by atoms with van der Waals surface area (Å²) in [7, 11) is 6.79. The van der Waals surface area contributed by atoms with Gasteiger partial charge in [-0.3, -0.25) is 4.79 Å². The number of rotatable bonds is 5. The maximum Gasteiger partial charge on any atom is 0.339 e. The molecule has 4 rings (SSSR count). The van der Waals surface area contributed by atoms with E-state index in [2.05, 4.69) is 15.9 Å². The molecule has 0 radical (unpaired) electrons. The van der Waals surface area contributed by atoms with Crippen LogP contribution >= 0.6 is 27.5 Å². The summed E-state index contributed by atoms with van der Waals surface area (Å²) >= 11 is 9.97. The Morgan fingerprint density at radius 1 is 1.06 bits per heavy atom. The lowest BCUT2D eigenvalue weighted by atomic mass is 10.1. The van der Waals surface area contributed by atoms with Gasteiger partial charge in [0, 0.05) is 35.9 Å². The number of carbonyl (C=O) groups is 2. The smallest absolute Gasteiger partial charge is 0.339 e. The highest BCUT2D eigenvalue weighted by molar-refractivity contribution is 9.10. The van der Waals surface area contributed by atoms with Crippen LogP contribution in [0, 0.1) is 0 Å². The quantitative estimate of drug-likeness (QED) is 0.278. The van der Waals surface area contributed by atoms with Gasteiger partial charge >= 0.3 is 5.97 Å². The number of methoxy groups -OCH3 is 2. The molecule has 0 fully saturated rings. The largest absolute Gasteiger partial charge is 0.496 e. The Labute approximate surface area is 211 Å². The molecule has 0 N–H and O–H groups in total. The Bertz CT molecular complexity index is 1340. The van der Waals surface area contributed by atoms with Crippen molar-refractivity contribution in [1.29, 1.82) is 0 Å². The zero-order valence-corrected chi connectivity index (χ0v) is 21.4. The Morgan fingerprint density at radius 3 is 2.47 bits per heavy atom. The van der Waals surface area contributed by atoms with Crippen molar-refractivity contribution >= 4 is 62.4 Å². The van der Waals surface area contributed by atoms with Gasteiger partial charge < -0.3 is 19.3 Å². The fourth-order valence-corrected chi connectivity index (χ4v) is 4.46. The van der Waals surface area contributed by atoms with Crippen molar-refractivity contribution in [2.24, 2.45) is 0 Å². The summed E-state index contributed by atoms with van der Waals surface area (Å²) in [4.78, 5) is 30.0. The number of ether oxygens (including phenoxy) is 2. The number of hydrogen-bond acceptors (Lipinski definition) is 6. The van der Waals surface area contributed by atoms with Crippen LogP contribution in [-0.2, 0) is 4.74 Å². The third kappa shape index (κ3) is 4.06. The number of para-hydroxylation sites is 1. The second-order valence-electron chi connectivity index (χ2n) is 7.78. The highest BCUT2D eigenvalue weighted by atomic mass is 79.9. The van der Waals surface area contributed by atoms with Gasteiger partial charge in [-0.1, -0.05) is 23.7 Å². The van der Waals surface area contributed by atoms with Crippen molar-refractivity contribution < 1.29 is 19.1 Å². The van der Waals surface area contributed by atoms with Crippen LogP contribution in [0.5, 0.6) is 5.75 Å². The molecule has 8 heteroatoms. The molecule has 0 saturated heterocycles. The number of hydrogen-bond donors (Lipinski definition) is 0. The fraction of sp³-hybridized carbons (Fsp3) is 0.154. The summed E-state index contributed by atoms with van der Waals surface area (Å²) in [6.45, 7) is 0. The van der Waals surface area contributed by atoms with Crippen molar-refractivity contribution in [3.63, 3.8) is 0 Å². The van der Waals surface area contributed by atoms with Crippen LogP contribution < -0.4 is 14.5 Å². The first kappa shape index (κ1) is 23.9. The van der Waals surface area contributed by atoms with Crippen LogP contribution in [0.4, 0.5) is 17.1 Å². The summed E-state index contributed by atoms with van der Waals surface area (Å²) in [5, 5.41) is 0.307. The zero-order chi connectivity index (χ0) is 24.6. The molecule has 1 aliphatic heterocycles. The third-order valence-electron chi connectivity index (χ3n) is 5.59. The molecule has 0 aromatic heterocycles. The second kappa shape index (κ2) is 9.52. The molecule has 0 saturated carbocycles. The van der Waals surface area contributed by atoms with E-state index in [0.29, 0.717) is 49.0 Å². The van der Waals surface area contributed by atoms with Crippen molar-refractivity contribution in [2.75, 3.05) is 38.1 Å². The molecule has 0 aliphatic carbocycles. The van der Waals surface area contributed by atoms with E-state index < -0.39 is 5.97 Å². The van der Waals surface area contributed by atoms with Crippen LogP contribution in [0.2, 0.25) is 5.02 Å². The average molecular weight is 542 g/mol. The molecule has 34 heavy (non-hydrogen) atoms. The average Bonchev–Trinajstić information content (AvgIpc) is 3.12. The minimum atomic E-state index is -0.507. The monoisotopic (exact) mass is 540 g/mol. The molecule has 0 bridgehead atoms. The maximum absolute atomic E-state index is 13.7. The second-order valence-corrected chi connectivity index (χ2v) is 9.01. The van der Waals surface area contributed by atoms with E-state index in [1.807, 2.05) is 37.2 Å². The zero-order valence-electron chi connectivity index (χ0n) is 19.1. The van der Waals surface area contributed by atoms with Gasteiger partial charge in [-0.15, -0.1) is 0 Å². The molecular formula is C26H22BrClN2O4. The highest BCUT2D eigenvalue weighted by Crippen LogP contribution is 2.47. The standard InChI is InChI=1S/C26H22BrClN2O4/c1-29(2)16-10-9-15(22(14-16)33-3)13-21-25(31)23-20(12-11-18(27)24(23)28)30(21)19-8-6-5-7-17(19)26(32)34-4/h5-14H,1-4H3. The number of allylic oxidation sites excluding steroid dienone is 1.